The number of hydrogen-bond donors (Lipinski definition) is 2. The average molecular weight is 231 g/mol. The first-order valence-corrected chi connectivity index (χ1v) is 5.66. The molecule has 88 valence electrons. The van der Waals surface area contributed by atoms with Crippen molar-refractivity contribution in [3.05, 3.63) is 42.0 Å². The second kappa shape index (κ2) is 3.60. The highest BCUT2D eigenvalue weighted by molar-refractivity contribution is 5.85. The molecule has 0 aromatic heterocycles. The van der Waals surface area contributed by atoms with E-state index >= 15 is 0 Å². The zero-order valence-corrected chi connectivity index (χ0v) is 9.15. The maximum absolute atomic E-state index is 12.0. The number of fused-ring (bicyclic) bond motifs is 2. The highest BCUT2D eigenvalue weighted by Crippen LogP contribution is 2.40. The number of carbonyl (C=O) groups is 1. The van der Waals surface area contributed by atoms with Gasteiger partial charge in [-0.25, -0.2) is 5.06 Å². The van der Waals surface area contributed by atoms with Gasteiger partial charge in [0.25, 0.3) is 5.91 Å². The molecule has 4 nitrogen and oxygen atoms in total. The molecule has 1 aromatic rings. The first-order valence-electron chi connectivity index (χ1n) is 5.66. The highest BCUT2D eigenvalue weighted by Gasteiger charge is 2.43. The lowest BCUT2D eigenvalue weighted by atomic mass is 9.82. The number of phenols is 1. The van der Waals surface area contributed by atoms with Crippen molar-refractivity contribution in [3.8, 4) is 5.75 Å². The molecular formula is C13H13NO3. The summed E-state index contributed by atoms with van der Waals surface area (Å²) in [4.78, 5) is 12.0. The molecule has 0 saturated carbocycles. The van der Waals surface area contributed by atoms with E-state index in [2.05, 4.69) is 0 Å². The molecule has 2 bridgehead atoms. The molecule has 1 aliphatic carbocycles. The van der Waals surface area contributed by atoms with Crippen LogP contribution < -0.4 is 0 Å². The van der Waals surface area contributed by atoms with E-state index in [1.54, 1.807) is 24.3 Å². The number of hydroxylamine groups is 2. The van der Waals surface area contributed by atoms with E-state index in [4.69, 9.17) is 0 Å². The predicted octanol–water partition coefficient (Wildman–Crippen LogP) is 1.65. The number of aromatic hydroxyl groups is 1. The fourth-order valence-electron chi connectivity index (χ4n) is 2.70. The summed E-state index contributed by atoms with van der Waals surface area (Å²) in [6.45, 7) is 0. The minimum absolute atomic E-state index is 0.153. The molecule has 1 heterocycles. The van der Waals surface area contributed by atoms with Crippen molar-refractivity contribution in [2.75, 3.05) is 0 Å². The molecule has 3 atom stereocenters. The molecule has 3 rings (SSSR count). The van der Waals surface area contributed by atoms with Crippen LogP contribution >= 0.6 is 0 Å². The molecule has 4 heteroatoms. The van der Waals surface area contributed by atoms with Crippen LogP contribution in [0.4, 0.5) is 0 Å². The van der Waals surface area contributed by atoms with Crippen molar-refractivity contribution in [2.24, 2.45) is 5.92 Å². The molecule has 17 heavy (non-hydrogen) atoms. The largest absolute Gasteiger partial charge is 0.508 e. The minimum Gasteiger partial charge on any atom is -0.508 e. The molecule has 1 aliphatic heterocycles. The fraction of sp³-hybridized carbons (Fsp3) is 0.308. The van der Waals surface area contributed by atoms with Crippen LogP contribution in [0.3, 0.4) is 0 Å². The number of allylic oxidation sites excluding steroid dienone is 1. The lowest BCUT2D eigenvalue weighted by Crippen LogP contribution is -2.44. The van der Waals surface area contributed by atoms with E-state index in [0.717, 1.165) is 17.0 Å². The van der Waals surface area contributed by atoms with Crippen LogP contribution in [0.1, 0.15) is 17.9 Å². The Labute approximate surface area is 98.7 Å². The summed E-state index contributed by atoms with van der Waals surface area (Å²) in [5.74, 6) is -0.268. The van der Waals surface area contributed by atoms with Crippen molar-refractivity contribution in [3.63, 3.8) is 0 Å². The SMILES string of the molecule is O=C1C(c2ccc(O)cc2)C2C=CC(C2)N1O. The van der Waals surface area contributed by atoms with E-state index in [1.165, 1.54) is 0 Å². The Hall–Kier alpha value is -1.81. The van der Waals surface area contributed by atoms with Gasteiger partial charge in [-0.2, -0.15) is 0 Å². The summed E-state index contributed by atoms with van der Waals surface area (Å²) in [5.41, 5.74) is 0.835. The van der Waals surface area contributed by atoms with E-state index in [9.17, 15) is 15.1 Å². The number of rotatable bonds is 1. The van der Waals surface area contributed by atoms with Crippen LogP contribution in [-0.4, -0.2) is 27.3 Å². The number of amides is 1. The Morgan fingerprint density at radius 3 is 2.59 bits per heavy atom. The Kier molecular flexibility index (Phi) is 2.19. The van der Waals surface area contributed by atoms with Crippen molar-refractivity contribution < 1.29 is 15.1 Å². The van der Waals surface area contributed by atoms with Gasteiger partial charge in [-0.3, -0.25) is 10.0 Å². The predicted molar refractivity (Wildman–Crippen MR) is 60.5 cm³/mol. The van der Waals surface area contributed by atoms with Gasteiger partial charge in [0, 0.05) is 0 Å². The number of piperidine rings is 1. The van der Waals surface area contributed by atoms with Gasteiger partial charge in [0.15, 0.2) is 0 Å². The second-order valence-electron chi connectivity index (χ2n) is 4.60. The molecule has 1 amide bonds. The number of phenolic OH excluding ortho intramolecular Hbond substituents is 1. The van der Waals surface area contributed by atoms with Crippen molar-refractivity contribution in [1.82, 2.24) is 5.06 Å². The van der Waals surface area contributed by atoms with Gasteiger partial charge >= 0.3 is 0 Å². The van der Waals surface area contributed by atoms with Gasteiger partial charge in [-0.1, -0.05) is 24.3 Å². The zero-order valence-electron chi connectivity index (χ0n) is 9.15. The lowest BCUT2D eigenvalue weighted by molar-refractivity contribution is -0.180. The standard InChI is InChI=1S/C13H13NO3/c15-11-5-2-8(3-6-11)12-9-1-4-10(7-9)14(17)13(12)16/h1-6,9-10,12,15,17H,7H2. The number of benzene rings is 1. The Balaban J connectivity index is 1.98. The van der Waals surface area contributed by atoms with Crippen LogP contribution in [0.5, 0.6) is 5.75 Å². The third-order valence-corrected chi connectivity index (χ3v) is 3.58. The quantitative estimate of drug-likeness (QED) is 0.570. The van der Waals surface area contributed by atoms with Crippen LogP contribution in [0.15, 0.2) is 36.4 Å². The highest BCUT2D eigenvalue weighted by atomic mass is 16.5. The zero-order chi connectivity index (χ0) is 12.0. The number of nitrogens with zero attached hydrogens (tertiary/aromatic N) is 1. The first-order chi connectivity index (χ1) is 8.16. The molecule has 2 N–H and O–H groups in total. The maximum Gasteiger partial charge on any atom is 0.254 e. The summed E-state index contributed by atoms with van der Waals surface area (Å²) < 4.78 is 0. The van der Waals surface area contributed by atoms with E-state index < -0.39 is 0 Å². The summed E-state index contributed by atoms with van der Waals surface area (Å²) in [7, 11) is 0. The third-order valence-electron chi connectivity index (χ3n) is 3.58. The third kappa shape index (κ3) is 1.52. The maximum atomic E-state index is 12.0. The number of carbonyl (C=O) groups excluding carboxylic acids is 1. The van der Waals surface area contributed by atoms with Gasteiger partial charge in [0.2, 0.25) is 0 Å². The Morgan fingerprint density at radius 2 is 1.88 bits per heavy atom. The topological polar surface area (TPSA) is 60.8 Å². The van der Waals surface area contributed by atoms with Crippen molar-refractivity contribution in [2.45, 2.75) is 18.4 Å². The summed E-state index contributed by atoms with van der Waals surface area (Å²) in [6.07, 6.45) is 4.65. The lowest BCUT2D eigenvalue weighted by Gasteiger charge is -2.34. The molecule has 0 radical (unpaired) electrons. The Bertz CT molecular complexity index is 480. The van der Waals surface area contributed by atoms with Gasteiger partial charge in [-0.05, 0) is 30.0 Å². The van der Waals surface area contributed by atoms with E-state index in [0.29, 0.717) is 0 Å². The molecule has 1 aromatic carbocycles. The van der Waals surface area contributed by atoms with Crippen molar-refractivity contribution in [1.29, 1.82) is 0 Å². The van der Waals surface area contributed by atoms with Gasteiger partial charge in [0.1, 0.15) is 5.75 Å². The smallest absolute Gasteiger partial charge is 0.254 e. The van der Waals surface area contributed by atoms with E-state index in [1.807, 2.05) is 12.2 Å². The summed E-state index contributed by atoms with van der Waals surface area (Å²) in [5, 5.41) is 19.8. The molecule has 2 aliphatic rings. The molecule has 1 fully saturated rings. The first kappa shape index (κ1) is 10.4. The van der Waals surface area contributed by atoms with Crippen LogP contribution in [0, 0.1) is 5.92 Å². The monoisotopic (exact) mass is 231 g/mol. The van der Waals surface area contributed by atoms with Crippen LogP contribution in [-0.2, 0) is 4.79 Å². The second-order valence-corrected chi connectivity index (χ2v) is 4.60. The molecular weight excluding hydrogens is 218 g/mol. The van der Waals surface area contributed by atoms with Crippen LogP contribution in [0.2, 0.25) is 0 Å². The van der Waals surface area contributed by atoms with Gasteiger partial charge < -0.3 is 5.11 Å². The normalized spacial score (nSPS) is 31.0. The average Bonchev–Trinajstić information content (AvgIpc) is 2.75. The fourth-order valence-corrected chi connectivity index (χ4v) is 2.70. The van der Waals surface area contributed by atoms with Gasteiger partial charge in [0.05, 0.1) is 12.0 Å². The van der Waals surface area contributed by atoms with Crippen LogP contribution in [0.25, 0.3) is 0 Å². The van der Waals surface area contributed by atoms with Crippen molar-refractivity contribution >= 4 is 5.91 Å². The minimum atomic E-state index is -0.337. The Morgan fingerprint density at radius 1 is 1.18 bits per heavy atom. The molecule has 1 saturated heterocycles. The summed E-state index contributed by atoms with van der Waals surface area (Å²) >= 11 is 0. The summed E-state index contributed by atoms with van der Waals surface area (Å²) in [6, 6.07) is 6.43. The van der Waals surface area contributed by atoms with Gasteiger partial charge in [-0.15, -0.1) is 0 Å². The van der Waals surface area contributed by atoms with E-state index in [-0.39, 0.29) is 29.5 Å². The molecule has 0 spiro atoms. The molecule has 3 unspecified atom stereocenters. The number of hydrogen-bond acceptors (Lipinski definition) is 3.